The molecule has 2 rings (SSSR count). The number of aromatic nitrogens is 2. The van der Waals surface area contributed by atoms with E-state index in [0.717, 1.165) is 18.4 Å². The Morgan fingerprint density at radius 3 is 2.56 bits per heavy atom. The van der Waals surface area contributed by atoms with Crippen LogP contribution in [0.5, 0.6) is 0 Å². The summed E-state index contributed by atoms with van der Waals surface area (Å²) in [5.74, 6) is 1.79. The fourth-order valence-corrected chi connectivity index (χ4v) is 1.71. The molecule has 2 N–H and O–H groups in total. The smallest absolute Gasteiger partial charge is 0.237 e. The maximum absolute atomic E-state index is 6.09. The molecule has 0 aliphatic carbocycles. The van der Waals surface area contributed by atoms with Gasteiger partial charge in [0.2, 0.25) is 11.8 Å². The van der Waals surface area contributed by atoms with Crippen molar-refractivity contribution in [2.45, 2.75) is 32.7 Å². The normalized spacial score (nSPS) is 12.9. The Balaban J connectivity index is 2.06. The van der Waals surface area contributed by atoms with Crippen molar-refractivity contribution in [3.05, 3.63) is 47.7 Å². The zero-order valence-electron chi connectivity index (χ0n) is 10.8. The second kappa shape index (κ2) is 5.78. The van der Waals surface area contributed by atoms with E-state index < -0.39 is 0 Å². The molecule has 0 aliphatic rings. The van der Waals surface area contributed by atoms with Crippen molar-refractivity contribution in [3.8, 4) is 0 Å². The van der Waals surface area contributed by atoms with Crippen molar-refractivity contribution in [2.75, 3.05) is 0 Å². The minimum atomic E-state index is -0.341. The Morgan fingerprint density at radius 1 is 1.17 bits per heavy atom. The Morgan fingerprint density at radius 2 is 1.89 bits per heavy atom. The van der Waals surface area contributed by atoms with Crippen LogP contribution in [0.25, 0.3) is 0 Å². The van der Waals surface area contributed by atoms with Gasteiger partial charge >= 0.3 is 0 Å². The predicted molar refractivity (Wildman–Crippen MR) is 69.9 cm³/mol. The highest BCUT2D eigenvalue weighted by molar-refractivity contribution is 5.22. The van der Waals surface area contributed by atoms with E-state index in [2.05, 4.69) is 24.0 Å². The molecular weight excluding hydrogens is 226 g/mol. The molecule has 2 aromatic rings. The van der Waals surface area contributed by atoms with Crippen LogP contribution in [0, 0.1) is 5.92 Å². The van der Waals surface area contributed by atoms with Gasteiger partial charge in [0.1, 0.15) is 6.04 Å². The highest BCUT2D eigenvalue weighted by atomic mass is 16.4. The van der Waals surface area contributed by atoms with Gasteiger partial charge in [-0.3, -0.25) is 0 Å². The van der Waals surface area contributed by atoms with Gasteiger partial charge in [-0.1, -0.05) is 44.2 Å². The van der Waals surface area contributed by atoms with Gasteiger partial charge < -0.3 is 10.2 Å². The lowest BCUT2D eigenvalue weighted by atomic mass is 10.1. The highest BCUT2D eigenvalue weighted by Gasteiger charge is 2.16. The quantitative estimate of drug-likeness (QED) is 0.879. The van der Waals surface area contributed by atoms with Crippen LogP contribution in [0.3, 0.4) is 0 Å². The first-order valence-corrected chi connectivity index (χ1v) is 6.29. The Hall–Kier alpha value is -1.68. The van der Waals surface area contributed by atoms with Gasteiger partial charge in [0, 0.05) is 6.42 Å². The molecule has 18 heavy (non-hydrogen) atoms. The maximum atomic E-state index is 6.09. The molecule has 96 valence electrons. The van der Waals surface area contributed by atoms with Gasteiger partial charge in [-0.25, -0.2) is 0 Å². The summed E-state index contributed by atoms with van der Waals surface area (Å²) in [4.78, 5) is 0. The summed E-state index contributed by atoms with van der Waals surface area (Å²) in [5.41, 5.74) is 7.07. The standard InChI is InChI=1S/C14H19N3O/c1-10(2)8-9-12-16-17-14(18-12)13(15)11-6-4-3-5-7-11/h3-7,10,13H,8-9,15H2,1-2H3. The molecule has 0 radical (unpaired) electrons. The van der Waals surface area contributed by atoms with E-state index in [9.17, 15) is 0 Å². The number of aryl methyl sites for hydroxylation is 1. The minimum absolute atomic E-state index is 0.341. The summed E-state index contributed by atoms with van der Waals surface area (Å²) in [5, 5.41) is 8.07. The molecular formula is C14H19N3O. The Bertz CT molecular complexity index is 479. The molecule has 0 aliphatic heterocycles. The lowest BCUT2D eigenvalue weighted by Gasteiger charge is -2.06. The van der Waals surface area contributed by atoms with Gasteiger partial charge in [-0.15, -0.1) is 10.2 Å². The van der Waals surface area contributed by atoms with Gasteiger partial charge in [-0.2, -0.15) is 0 Å². The number of benzene rings is 1. The second-order valence-electron chi connectivity index (χ2n) is 4.85. The fraction of sp³-hybridized carbons (Fsp3) is 0.429. The van der Waals surface area contributed by atoms with Crippen LogP contribution >= 0.6 is 0 Å². The van der Waals surface area contributed by atoms with Crippen LogP contribution in [0.1, 0.15) is 43.7 Å². The first-order chi connectivity index (χ1) is 8.66. The molecule has 4 heteroatoms. The SMILES string of the molecule is CC(C)CCc1nnc(C(N)c2ccccc2)o1. The van der Waals surface area contributed by atoms with Gasteiger partial charge in [0.15, 0.2) is 0 Å². The first-order valence-electron chi connectivity index (χ1n) is 6.29. The number of rotatable bonds is 5. The van der Waals surface area contributed by atoms with Crippen LogP contribution in [0.15, 0.2) is 34.7 Å². The van der Waals surface area contributed by atoms with E-state index in [0.29, 0.717) is 17.7 Å². The average Bonchev–Trinajstić information content (AvgIpc) is 2.85. The Kier molecular flexibility index (Phi) is 4.10. The van der Waals surface area contributed by atoms with Crippen molar-refractivity contribution in [2.24, 2.45) is 11.7 Å². The molecule has 1 unspecified atom stereocenters. The van der Waals surface area contributed by atoms with Crippen molar-refractivity contribution in [1.82, 2.24) is 10.2 Å². The van der Waals surface area contributed by atoms with Crippen molar-refractivity contribution < 1.29 is 4.42 Å². The number of hydrogen-bond donors (Lipinski definition) is 1. The third-order valence-electron chi connectivity index (χ3n) is 2.84. The van der Waals surface area contributed by atoms with Crippen LogP contribution < -0.4 is 5.73 Å². The summed E-state index contributed by atoms with van der Waals surface area (Å²) in [6.45, 7) is 4.35. The third-order valence-corrected chi connectivity index (χ3v) is 2.84. The van der Waals surface area contributed by atoms with E-state index in [1.165, 1.54) is 0 Å². The van der Waals surface area contributed by atoms with Gasteiger partial charge in [0.05, 0.1) is 0 Å². The molecule has 0 amide bonds. The highest BCUT2D eigenvalue weighted by Crippen LogP contribution is 2.18. The van der Waals surface area contributed by atoms with Crippen molar-refractivity contribution >= 4 is 0 Å². The molecule has 1 aromatic carbocycles. The third kappa shape index (κ3) is 3.17. The number of hydrogen-bond acceptors (Lipinski definition) is 4. The molecule has 1 aromatic heterocycles. The molecule has 0 fully saturated rings. The van der Waals surface area contributed by atoms with Crippen molar-refractivity contribution in [3.63, 3.8) is 0 Å². The Labute approximate surface area is 107 Å². The predicted octanol–water partition coefficient (Wildman–Crippen LogP) is 2.71. The lowest BCUT2D eigenvalue weighted by molar-refractivity contribution is 0.418. The molecule has 0 saturated heterocycles. The van der Waals surface area contributed by atoms with E-state index in [1.54, 1.807) is 0 Å². The summed E-state index contributed by atoms with van der Waals surface area (Å²) >= 11 is 0. The lowest BCUT2D eigenvalue weighted by Crippen LogP contribution is -2.11. The van der Waals surface area contributed by atoms with E-state index in [4.69, 9.17) is 10.2 Å². The zero-order valence-corrected chi connectivity index (χ0v) is 10.8. The van der Waals surface area contributed by atoms with Gasteiger partial charge in [0.25, 0.3) is 0 Å². The summed E-state index contributed by atoms with van der Waals surface area (Å²) in [6, 6.07) is 9.44. The molecule has 4 nitrogen and oxygen atoms in total. The molecule has 1 heterocycles. The van der Waals surface area contributed by atoms with Gasteiger partial charge in [-0.05, 0) is 17.9 Å². The van der Waals surface area contributed by atoms with E-state index in [-0.39, 0.29) is 6.04 Å². The summed E-state index contributed by atoms with van der Waals surface area (Å²) in [7, 11) is 0. The van der Waals surface area contributed by atoms with E-state index in [1.807, 2.05) is 30.3 Å². The fourth-order valence-electron chi connectivity index (χ4n) is 1.71. The first kappa shape index (κ1) is 12.8. The summed E-state index contributed by atoms with van der Waals surface area (Å²) in [6.07, 6.45) is 1.86. The minimum Gasteiger partial charge on any atom is -0.423 e. The molecule has 1 atom stereocenters. The molecule has 0 bridgehead atoms. The van der Waals surface area contributed by atoms with Crippen LogP contribution in [0.2, 0.25) is 0 Å². The molecule has 0 saturated carbocycles. The topological polar surface area (TPSA) is 64.9 Å². The van der Waals surface area contributed by atoms with Crippen LogP contribution in [-0.4, -0.2) is 10.2 Å². The number of nitrogens with two attached hydrogens (primary N) is 1. The largest absolute Gasteiger partial charge is 0.423 e. The van der Waals surface area contributed by atoms with Crippen molar-refractivity contribution in [1.29, 1.82) is 0 Å². The monoisotopic (exact) mass is 245 g/mol. The zero-order chi connectivity index (χ0) is 13.0. The second-order valence-corrected chi connectivity index (χ2v) is 4.85. The summed E-state index contributed by atoms with van der Waals surface area (Å²) < 4.78 is 5.60. The maximum Gasteiger partial charge on any atom is 0.237 e. The van der Waals surface area contributed by atoms with E-state index >= 15 is 0 Å². The van der Waals surface area contributed by atoms with Crippen LogP contribution in [0.4, 0.5) is 0 Å². The van der Waals surface area contributed by atoms with Crippen LogP contribution in [-0.2, 0) is 6.42 Å². The average molecular weight is 245 g/mol. The number of nitrogens with zero attached hydrogens (tertiary/aromatic N) is 2. The molecule has 0 spiro atoms.